The van der Waals surface area contributed by atoms with Gasteiger partial charge in [-0.1, -0.05) is 5.21 Å². The third-order valence-electron chi connectivity index (χ3n) is 5.11. The highest BCUT2D eigenvalue weighted by Crippen LogP contribution is 2.27. The third kappa shape index (κ3) is 3.72. The minimum Gasteiger partial charge on any atom is -0.378 e. The van der Waals surface area contributed by atoms with Gasteiger partial charge in [-0.15, -0.1) is 5.10 Å². The summed E-state index contributed by atoms with van der Waals surface area (Å²) in [5, 5.41) is 11.4. The first-order valence-corrected chi connectivity index (χ1v) is 8.59. The van der Waals surface area contributed by atoms with E-state index in [2.05, 4.69) is 15.6 Å². The Morgan fingerprint density at radius 3 is 3.04 bits per heavy atom. The molecule has 4 rings (SSSR count). The second-order valence-electron chi connectivity index (χ2n) is 7.23. The van der Waals surface area contributed by atoms with Crippen molar-refractivity contribution in [2.75, 3.05) is 20.2 Å². The van der Waals surface area contributed by atoms with E-state index in [1.54, 1.807) is 12.0 Å². The maximum atomic E-state index is 12.4. The molecule has 1 unspecified atom stereocenters. The zero-order chi connectivity index (χ0) is 16.4. The predicted octanol–water partition coefficient (Wildman–Crippen LogP) is -0.758. The first-order valence-electron chi connectivity index (χ1n) is 8.59. The van der Waals surface area contributed by atoms with Gasteiger partial charge in [0.25, 0.3) is 0 Å². The second-order valence-corrected chi connectivity index (χ2v) is 7.23. The van der Waals surface area contributed by atoms with Crippen LogP contribution in [0.2, 0.25) is 0 Å². The van der Waals surface area contributed by atoms with Gasteiger partial charge in [0.05, 0.1) is 38.4 Å². The molecule has 7 nitrogen and oxygen atoms in total. The Hall–Kier alpha value is -1.47. The van der Waals surface area contributed by atoms with Crippen molar-refractivity contribution >= 4 is 5.91 Å². The summed E-state index contributed by atoms with van der Waals surface area (Å²) in [5.41, 5.74) is 0.868. The van der Waals surface area contributed by atoms with Crippen LogP contribution in [0.5, 0.6) is 0 Å². The van der Waals surface area contributed by atoms with Gasteiger partial charge < -0.3 is 15.0 Å². The molecule has 2 bridgehead atoms. The summed E-state index contributed by atoms with van der Waals surface area (Å²) in [5.74, 6) is 0.930. The van der Waals surface area contributed by atoms with Crippen molar-refractivity contribution in [2.45, 2.75) is 51.9 Å². The Balaban J connectivity index is 1.59. The summed E-state index contributed by atoms with van der Waals surface area (Å²) in [6.45, 7) is 7.55. The largest absolute Gasteiger partial charge is 0.378 e. The maximum absolute atomic E-state index is 12.4. The van der Waals surface area contributed by atoms with Crippen LogP contribution in [0.25, 0.3) is 0 Å². The lowest BCUT2D eigenvalue weighted by Crippen LogP contribution is -3.20. The van der Waals surface area contributed by atoms with E-state index in [1.807, 2.05) is 24.7 Å². The van der Waals surface area contributed by atoms with Crippen LogP contribution in [0.1, 0.15) is 32.4 Å². The molecule has 4 heterocycles. The fraction of sp³-hybridized carbons (Fsp3) is 0.812. The summed E-state index contributed by atoms with van der Waals surface area (Å²) in [6, 6.07) is 0.757. The Morgan fingerprint density at radius 2 is 2.39 bits per heavy atom. The molecule has 128 valence electrons. The molecule has 1 aromatic heterocycles. The SMILES string of the molecule is COCc1cn(C[C@H]2C[C@@H]3CC[NH+]2C[C@@H]3C(=O)NC(C)C)nn1. The van der Waals surface area contributed by atoms with Gasteiger partial charge in [-0.3, -0.25) is 4.79 Å². The highest BCUT2D eigenvalue weighted by atomic mass is 16.5. The molecule has 7 heteroatoms. The van der Waals surface area contributed by atoms with Crippen molar-refractivity contribution in [3.8, 4) is 0 Å². The number of carbonyl (C=O) groups excluding carboxylic acids is 1. The number of hydrogen-bond acceptors (Lipinski definition) is 4. The molecule has 0 spiro atoms. The number of methoxy groups -OCH3 is 1. The lowest BCUT2D eigenvalue weighted by atomic mass is 9.75. The van der Waals surface area contributed by atoms with E-state index in [0.29, 0.717) is 18.6 Å². The van der Waals surface area contributed by atoms with Crippen LogP contribution < -0.4 is 10.2 Å². The lowest BCUT2D eigenvalue weighted by Gasteiger charge is -2.46. The van der Waals surface area contributed by atoms with Gasteiger partial charge in [0.1, 0.15) is 11.7 Å². The molecule has 1 aromatic rings. The number of quaternary nitrogens is 1. The molecule has 4 atom stereocenters. The molecule has 0 aromatic carbocycles. The number of rotatable bonds is 6. The number of amides is 1. The third-order valence-corrected chi connectivity index (χ3v) is 5.11. The number of nitrogens with one attached hydrogen (secondary N) is 2. The summed E-state index contributed by atoms with van der Waals surface area (Å²) < 4.78 is 7.01. The summed E-state index contributed by atoms with van der Waals surface area (Å²) in [6.07, 6.45) is 4.23. The Kier molecular flexibility index (Phi) is 4.96. The van der Waals surface area contributed by atoms with E-state index in [4.69, 9.17) is 4.74 Å². The number of aromatic nitrogens is 3. The molecular weight excluding hydrogens is 294 g/mol. The van der Waals surface area contributed by atoms with Gasteiger partial charge >= 0.3 is 0 Å². The van der Waals surface area contributed by atoms with Crippen molar-refractivity contribution < 1.29 is 14.4 Å². The number of hydrogen-bond donors (Lipinski definition) is 2. The van der Waals surface area contributed by atoms with E-state index >= 15 is 0 Å². The standard InChI is InChI=1S/C16H27N5O2/c1-11(2)17-16(22)15-9-20-5-4-12(15)6-14(20)8-21-7-13(10-23-3)18-19-21/h7,11-12,14-15H,4-6,8-10H2,1-3H3,(H,17,22)/p+1/t12-,14+,15-/m0/s1. The topological polar surface area (TPSA) is 73.5 Å². The Bertz CT molecular complexity index is 544. The van der Waals surface area contributed by atoms with E-state index in [-0.39, 0.29) is 17.9 Å². The Morgan fingerprint density at radius 1 is 1.57 bits per heavy atom. The van der Waals surface area contributed by atoms with Crippen LogP contribution in [0.4, 0.5) is 0 Å². The van der Waals surface area contributed by atoms with Gasteiger partial charge in [0, 0.05) is 26.0 Å². The molecule has 3 aliphatic heterocycles. The summed E-state index contributed by atoms with van der Waals surface area (Å²) in [4.78, 5) is 13.9. The maximum Gasteiger partial charge on any atom is 0.229 e. The molecule has 3 fully saturated rings. The zero-order valence-electron chi connectivity index (χ0n) is 14.3. The second kappa shape index (κ2) is 6.97. The monoisotopic (exact) mass is 322 g/mol. The van der Waals surface area contributed by atoms with Gasteiger partial charge in [-0.2, -0.15) is 0 Å². The van der Waals surface area contributed by atoms with E-state index in [1.165, 1.54) is 6.54 Å². The highest BCUT2D eigenvalue weighted by molar-refractivity contribution is 5.79. The first kappa shape index (κ1) is 16.4. The van der Waals surface area contributed by atoms with Crippen molar-refractivity contribution in [3.63, 3.8) is 0 Å². The number of fused-ring (bicyclic) bond motifs is 3. The minimum absolute atomic E-state index is 0.178. The average Bonchev–Trinajstić information content (AvgIpc) is 2.95. The molecule has 1 amide bonds. The number of nitrogens with zero attached hydrogens (tertiary/aromatic N) is 3. The van der Waals surface area contributed by atoms with Crippen LogP contribution in [-0.4, -0.2) is 53.2 Å². The molecule has 2 N–H and O–H groups in total. The highest BCUT2D eigenvalue weighted by Gasteiger charge is 2.46. The van der Waals surface area contributed by atoms with Gasteiger partial charge in [0.2, 0.25) is 5.91 Å². The van der Waals surface area contributed by atoms with Crippen molar-refractivity contribution in [2.24, 2.45) is 11.8 Å². The summed E-state index contributed by atoms with van der Waals surface area (Å²) in [7, 11) is 1.66. The lowest BCUT2D eigenvalue weighted by molar-refractivity contribution is -0.945. The molecule has 3 aliphatic rings. The molecule has 0 aliphatic carbocycles. The Labute approximate surface area is 137 Å². The number of carbonyl (C=O) groups is 1. The fourth-order valence-corrected chi connectivity index (χ4v) is 4.08. The van der Waals surface area contributed by atoms with E-state index in [9.17, 15) is 4.79 Å². The van der Waals surface area contributed by atoms with Crippen LogP contribution in [0.3, 0.4) is 0 Å². The van der Waals surface area contributed by atoms with Gasteiger partial charge in [0.15, 0.2) is 0 Å². The van der Waals surface area contributed by atoms with Gasteiger partial charge in [-0.05, 0) is 19.8 Å². The van der Waals surface area contributed by atoms with Crippen molar-refractivity contribution in [3.05, 3.63) is 11.9 Å². The summed E-state index contributed by atoms with van der Waals surface area (Å²) >= 11 is 0. The van der Waals surface area contributed by atoms with Gasteiger partial charge in [-0.25, -0.2) is 4.68 Å². The van der Waals surface area contributed by atoms with Crippen LogP contribution >= 0.6 is 0 Å². The molecular formula is C16H28N5O2+. The van der Waals surface area contributed by atoms with Crippen LogP contribution in [0, 0.1) is 11.8 Å². The fourth-order valence-electron chi connectivity index (χ4n) is 4.08. The number of ether oxygens (including phenoxy) is 1. The normalized spacial score (nSPS) is 29.9. The first-order chi connectivity index (χ1) is 11.1. The average molecular weight is 322 g/mol. The quantitative estimate of drug-likeness (QED) is 0.722. The molecule has 0 radical (unpaired) electrons. The smallest absolute Gasteiger partial charge is 0.229 e. The zero-order valence-corrected chi connectivity index (χ0v) is 14.3. The van der Waals surface area contributed by atoms with Crippen LogP contribution in [0.15, 0.2) is 6.20 Å². The molecule has 23 heavy (non-hydrogen) atoms. The van der Waals surface area contributed by atoms with E-state index < -0.39 is 0 Å². The van der Waals surface area contributed by atoms with Crippen molar-refractivity contribution in [1.82, 2.24) is 20.3 Å². The van der Waals surface area contributed by atoms with E-state index in [0.717, 1.165) is 31.6 Å². The minimum atomic E-state index is 0.178. The van der Waals surface area contributed by atoms with Crippen molar-refractivity contribution in [1.29, 1.82) is 0 Å². The molecule has 3 saturated heterocycles. The van der Waals surface area contributed by atoms with Crippen LogP contribution in [-0.2, 0) is 22.7 Å². The molecule has 0 saturated carbocycles. The number of piperidine rings is 3. The predicted molar refractivity (Wildman–Crippen MR) is 84.7 cm³/mol.